The standard InChI is InChI=1S/C11H10BrN3S/c1-16-9-4-2-8(3-5-9)15-11-10(12)6-13-7-14-11/h2-7H,1H3,(H,13,14,15). The second-order valence-corrected chi connectivity index (χ2v) is 4.81. The molecule has 0 radical (unpaired) electrons. The zero-order valence-electron chi connectivity index (χ0n) is 8.64. The maximum absolute atomic E-state index is 4.14. The summed E-state index contributed by atoms with van der Waals surface area (Å²) < 4.78 is 0.851. The molecule has 0 bridgehead atoms. The van der Waals surface area contributed by atoms with Crippen LogP contribution >= 0.6 is 27.7 Å². The molecule has 2 rings (SSSR count). The minimum absolute atomic E-state index is 0.770. The van der Waals surface area contributed by atoms with Crippen molar-refractivity contribution in [2.45, 2.75) is 4.90 Å². The monoisotopic (exact) mass is 295 g/mol. The summed E-state index contributed by atoms with van der Waals surface area (Å²) in [5.41, 5.74) is 1.01. The SMILES string of the molecule is CSc1ccc(Nc2ncncc2Br)cc1. The zero-order valence-corrected chi connectivity index (χ0v) is 11.0. The number of thioether (sulfide) groups is 1. The van der Waals surface area contributed by atoms with Crippen molar-refractivity contribution < 1.29 is 0 Å². The first-order valence-corrected chi connectivity index (χ1v) is 6.68. The molecular formula is C11H10BrN3S. The van der Waals surface area contributed by atoms with Crippen molar-refractivity contribution in [2.75, 3.05) is 11.6 Å². The van der Waals surface area contributed by atoms with Crippen LogP contribution in [0.1, 0.15) is 0 Å². The van der Waals surface area contributed by atoms with Gasteiger partial charge in [-0.15, -0.1) is 11.8 Å². The van der Waals surface area contributed by atoms with Crippen molar-refractivity contribution in [3.05, 3.63) is 41.3 Å². The Morgan fingerprint density at radius 1 is 1.25 bits per heavy atom. The van der Waals surface area contributed by atoms with Crippen LogP contribution in [0.4, 0.5) is 11.5 Å². The molecule has 5 heteroatoms. The molecule has 82 valence electrons. The van der Waals surface area contributed by atoms with E-state index in [2.05, 4.69) is 49.6 Å². The van der Waals surface area contributed by atoms with Crippen molar-refractivity contribution >= 4 is 39.2 Å². The normalized spacial score (nSPS) is 10.1. The molecular weight excluding hydrogens is 286 g/mol. The van der Waals surface area contributed by atoms with Crippen molar-refractivity contribution in [1.82, 2.24) is 9.97 Å². The van der Waals surface area contributed by atoms with Crippen molar-refractivity contribution in [3.63, 3.8) is 0 Å². The first-order valence-electron chi connectivity index (χ1n) is 4.66. The van der Waals surface area contributed by atoms with Gasteiger partial charge in [-0.2, -0.15) is 0 Å². The Morgan fingerprint density at radius 2 is 2.00 bits per heavy atom. The Morgan fingerprint density at radius 3 is 2.62 bits per heavy atom. The molecule has 1 aromatic heterocycles. The lowest BCUT2D eigenvalue weighted by Gasteiger charge is -2.06. The predicted octanol–water partition coefficient (Wildman–Crippen LogP) is 3.70. The van der Waals surface area contributed by atoms with Crippen LogP contribution in [-0.2, 0) is 0 Å². The van der Waals surface area contributed by atoms with Crippen LogP contribution in [0.5, 0.6) is 0 Å². The second-order valence-electron chi connectivity index (χ2n) is 3.07. The van der Waals surface area contributed by atoms with E-state index in [4.69, 9.17) is 0 Å². The first-order chi connectivity index (χ1) is 7.79. The highest BCUT2D eigenvalue weighted by Crippen LogP contribution is 2.23. The average Bonchev–Trinajstić information content (AvgIpc) is 2.33. The molecule has 2 aromatic rings. The fourth-order valence-corrected chi connectivity index (χ4v) is 1.94. The Kier molecular flexibility index (Phi) is 3.79. The molecule has 0 aliphatic carbocycles. The van der Waals surface area contributed by atoms with Gasteiger partial charge in [0.15, 0.2) is 0 Å². The Labute approximate surface area is 107 Å². The van der Waals surface area contributed by atoms with Crippen molar-refractivity contribution in [3.8, 4) is 0 Å². The molecule has 0 saturated carbocycles. The van der Waals surface area contributed by atoms with Gasteiger partial charge < -0.3 is 5.32 Å². The van der Waals surface area contributed by atoms with Gasteiger partial charge in [-0.3, -0.25) is 0 Å². The van der Waals surface area contributed by atoms with Gasteiger partial charge in [0.05, 0.1) is 4.47 Å². The topological polar surface area (TPSA) is 37.8 Å². The Hall–Kier alpha value is -1.07. The smallest absolute Gasteiger partial charge is 0.148 e. The molecule has 3 nitrogen and oxygen atoms in total. The molecule has 0 aliphatic heterocycles. The molecule has 0 unspecified atom stereocenters. The molecule has 16 heavy (non-hydrogen) atoms. The summed E-state index contributed by atoms with van der Waals surface area (Å²) in [6.45, 7) is 0. The van der Waals surface area contributed by atoms with Gasteiger partial charge in [-0.1, -0.05) is 0 Å². The van der Waals surface area contributed by atoms with E-state index < -0.39 is 0 Å². The number of halogens is 1. The molecule has 1 heterocycles. The van der Waals surface area contributed by atoms with E-state index in [1.807, 2.05) is 12.1 Å². The second kappa shape index (κ2) is 5.32. The maximum Gasteiger partial charge on any atom is 0.148 e. The number of nitrogens with one attached hydrogen (secondary N) is 1. The first kappa shape index (κ1) is 11.4. The summed E-state index contributed by atoms with van der Waals surface area (Å²) in [7, 11) is 0. The van der Waals surface area contributed by atoms with Gasteiger partial charge in [0.1, 0.15) is 12.1 Å². The molecule has 1 N–H and O–H groups in total. The number of anilines is 2. The van der Waals surface area contributed by atoms with E-state index in [-0.39, 0.29) is 0 Å². The summed E-state index contributed by atoms with van der Waals surface area (Å²) in [6, 6.07) is 8.20. The minimum atomic E-state index is 0.770. The summed E-state index contributed by atoms with van der Waals surface area (Å²) in [4.78, 5) is 9.30. The quantitative estimate of drug-likeness (QED) is 0.876. The fourth-order valence-electron chi connectivity index (χ4n) is 1.22. The minimum Gasteiger partial charge on any atom is -0.339 e. The van der Waals surface area contributed by atoms with Crippen LogP contribution in [0.15, 0.2) is 46.2 Å². The van der Waals surface area contributed by atoms with Crippen LogP contribution in [0.2, 0.25) is 0 Å². The lowest BCUT2D eigenvalue weighted by atomic mass is 10.3. The number of hydrogen-bond donors (Lipinski definition) is 1. The van der Waals surface area contributed by atoms with Crippen LogP contribution in [0, 0.1) is 0 Å². The van der Waals surface area contributed by atoms with Crippen LogP contribution in [0.25, 0.3) is 0 Å². The van der Waals surface area contributed by atoms with Gasteiger partial charge >= 0.3 is 0 Å². The lowest BCUT2D eigenvalue weighted by Crippen LogP contribution is -1.94. The predicted molar refractivity (Wildman–Crippen MR) is 71.2 cm³/mol. The van der Waals surface area contributed by atoms with Gasteiger partial charge in [0, 0.05) is 16.8 Å². The third kappa shape index (κ3) is 2.74. The Bertz CT molecular complexity index is 473. The fraction of sp³-hybridized carbons (Fsp3) is 0.0909. The van der Waals surface area contributed by atoms with Gasteiger partial charge in [0.25, 0.3) is 0 Å². The van der Waals surface area contributed by atoms with Crippen LogP contribution in [-0.4, -0.2) is 16.2 Å². The average molecular weight is 296 g/mol. The molecule has 0 fully saturated rings. The lowest BCUT2D eigenvalue weighted by molar-refractivity contribution is 1.15. The van der Waals surface area contributed by atoms with E-state index in [0.717, 1.165) is 16.0 Å². The largest absolute Gasteiger partial charge is 0.339 e. The van der Waals surface area contributed by atoms with E-state index in [1.54, 1.807) is 18.0 Å². The number of aromatic nitrogens is 2. The van der Waals surface area contributed by atoms with Gasteiger partial charge in [-0.25, -0.2) is 9.97 Å². The number of nitrogens with zero attached hydrogens (tertiary/aromatic N) is 2. The van der Waals surface area contributed by atoms with Crippen LogP contribution < -0.4 is 5.32 Å². The molecule has 0 saturated heterocycles. The van der Waals surface area contributed by atoms with Gasteiger partial charge in [-0.05, 0) is 46.5 Å². The summed E-state index contributed by atoms with van der Waals surface area (Å²) in [6.07, 6.45) is 5.29. The molecule has 0 atom stereocenters. The van der Waals surface area contributed by atoms with Crippen LogP contribution in [0.3, 0.4) is 0 Å². The van der Waals surface area contributed by atoms with E-state index in [0.29, 0.717) is 0 Å². The highest BCUT2D eigenvalue weighted by Gasteiger charge is 2.00. The molecule has 0 aliphatic rings. The Balaban J connectivity index is 2.18. The van der Waals surface area contributed by atoms with E-state index >= 15 is 0 Å². The van der Waals surface area contributed by atoms with E-state index in [1.165, 1.54) is 11.2 Å². The highest BCUT2D eigenvalue weighted by atomic mass is 79.9. The number of rotatable bonds is 3. The van der Waals surface area contributed by atoms with E-state index in [9.17, 15) is 0 Å². The summed E-state index contributed by atoms with van der Waals surface area (Å²) >= 11 is 5.11. The zero-order chi connectivity index (χ0) is 11.4. The van der Waals surface area contributed by atoms with Crippen molar-refractivity contribution in [1.29, 1.82) is 0 Å². The van der Waals surface area contributed by atoms with Gasteiger partial charge in [0.2, 0.25) is 0 Å². The van der Waals surface area contributed by atoms with Crippen molar-refractivity contribution in [2.24, 2.45) is 0 Å². The summed E-state index contributed by atoms with van der Waals surface area (Å²) in [5, 5.41) is 3.22. The molecule has 1 aromatic carbocycles. The molecule has 0 spiro atoms. The third-order valence-electron chi connectivity index (χ3n) is 2.02. The summed E-state index contributed by atoms with van der Waals surface area (Å²) in [5.74, 6) is 0.770. The maximum atomic E-state index is 4.14. The highest BCUT2D eigenvalue weighted by molar-refractivity contribution is 9.10. The number of benzene rings is 1. The molecule has 0 amide bonds. The number of hydrogen-bond acceptors (Lipinski definition) is 4. The third-order valence-corrected chi connectivity index (χ3v) is 3.34.